The summed E-state index contributed by atoms with van der Waals surface area (Å²) in [6.45, 7) is 2.55. The highest BCUT2D eigenvalue weighted by Gasteiger charge is 2.23. The SMILES string of the molecule is O=C(NCCCn1ccnc1)c1cnc(N(Cc2ccc(F)cc2)C(=O)NCC2CCCCO2)s1. The van der Waals surface area contributed by atoms with Crippen molar-refractivity contribution >= 4 is 28.4 Å². The van der Waals surface area contributed by atoms with E-state index in [1.807, 2.05) is 10.8 Å². The number of hydrogen-bond donors (Lipinski definition) is 2. The van der Waals surface area contributed by atoms with Gasteiger partial charge < -0.3 is 19.9 Å². The molecule has 3 aromatic rings. The Labute approximate surface area is 207 Å². The first-order valence-electron chi connectivity index (χ1n) is 11.7. The van der Waals surface area contributed by atoms with E-state index in [-0.39, 0.29) is 30.4 Å². The molecule has 0 spiro atoms. The summed E-state index contributed by atoms with van der Waals surface area (Å²) < 4.78 is 21.0. The number of anilines is 1. The van der Waals surface area contributed by atoms with E-state index in [1.165, 1.54) is 23.2 Å². The zero-order chi connectivity index (χ0) is 24.5. The average Bonchev–Trinajstić information content (AvgIpc) is 3.58. The van der Waals surface area contributed by atoms with Crippen molar-refractivity contribution in [3.63, 3.8) is 0 Å². The van der Waals surface area contributed by atoms with E-state index >= 15 is 0 Å². The lowest BCUT2D eigenvalue weighted by Crippen LogP contribution is -2.43. The van der Waals surface area contributed by atoms with Crippen LogP contribution in [0.5, 0.6) is 0 Å². The van der Waals surface area contributed by atoms with Crippen LogP contribution in [0.3, 0.4) is 0 Å². The smallest absolute Gasteiger partial charge is 0.324 e. The Kier molecular flexibility index (Phi) is 8.79. The Morgan fingerprint density at radius 3 is 2.83 bits per heavy atom. The van der Waals surface area contributed by atoms with Crippen LogP contribution in [0.4, 0.5) is 14.3 Å². The second kappa shape index (κ2) is 12.4. The van der Waals surface area contributed by atoms with Crippen LogP contribution in [0.25, 0.3) is 0 Å². The van der Waals surface area contributed by atoms with Crippen LogP contribution in [0.2, 0.25) is 0 Å². The predicted molar refractivity (Wildman–Crippen MR) is 131 cm³/mol. The van der Waals surface area contributed by atoms with Crippen LogP contribution in [0, 0.1) is 5.82 Å². The number of carbonyl (C=O) groups is 2. The molecule has 186 valence electrons. The topological polar surface area (TPSA) is 101 Å². The first-order valence-corrected chi connectivity index (χ1v) is 12.5. The van der Waals surface area contributed by atoms with Gasteiger partial charge in [0.1, 0.15) is 10.7 Å². The molecular formula is C24H29FN6O3S. The number of amides is 3. The minimum absolute atomic E-state index is 0.0136. The van der Waals surface area contributed by atoms with Gasteiger partial charge in [-0.2, -0.15) is 0 Å². The molecule has 1 aromatic carbocycles. The van der Waals surface area contributed by atoms with Crippen LogP contribution >= 0.6 is 11.3 Å². The molecule has 2 aromatic heterocycles. The number of nitrogens with zero attached hydrogens (tertiary/aromatic N) is 4. The number of ether oxygens (including phenoxy) is 1. The first kappa shape index (κ1) is 24.8. The third kappa shape index (κ3) is 7.33. The molecule has 1 aliphatic rings. The number of urea groups is 1. The average molecular weight is 501 g/mol. The van der Waals surface area contributed by atoms with Gasteiger partial charge in [0.2, 0.25) is 0 Å². The van der Waals surface area contributed by atoms with E-state index in [9.17, 15) is 14.0 Å². The van der Waals surface area contributed by atoms with Crippen molar-refractivity contribution in [2.45, 2.75) is 44.9 Å². The fourth-order valence-corrected chi connectivity index (χ4v) is 4.56. The highest BCUT2D eigenvalue weighted by Crippen LogP contribution is 2.25. The highest BCUT2D eigenvalue weighted by molar-refractivity contribution is 7.17. The summed E-state index contributed by atoms with van der Waals surface area (Å²) in [5.41, 5.74) is 0.746. The van der Waals surface area contributed by atoms with Gasteiger partial charge in [-0.25, -0.2) is 19.2 Å². The molecule has 1 unspecified atom stereocenters. The van der Waals surface area contributed by atoms with Crippen LogP contribution in [0.1, 0.15) is 40.9 Å². The largest absolute Gasteiger partial charge is 0.376 e. The van der Waals surface area contributed by atoms with E-state index in [2.05, 4.69) is 20.6 Å². The van der Waals surface area contributed by atoms with Gasteiger partial charge in [-0.1, -0.05) is 23.5 Å². The van der Waals surface area contributed by atoms with E-state index < -0.39 is 0 Å². The van der Waals surface area contributed by atoms with Gasteiger partial charge in [0.15, 0.2) is 5.13 Å². The molecule has 1 fully saturated rings. The van der Waals surface area contributed by atoms with Gasteiger partial charge in [-0.15, -0.1) is 0 Å². The summed E-state index contributed by atoms with van der Waals surface area (Å²) in [5, 5.41) is 6.20. The van der Waals surface area contributed by atoms with Crippen molar-refractivity contribution < 1.29 is 18.7 Å². The molecule has 3 heterocycles. The van der Waals surface area contributed by atoms with Crippen LogP contribution in [-0.4, -0.2) is 52.3 Å². The molecule has 35 heavy (non-hydrogen) atoms. The molecule has 0 aliphatic carbocycles. The Morgan fingerprint density at radius 1 is 1.23 bits per heavy atom. The lowest BCUT2D eigenvalue weighted by Gasteiger charge is -2.25. The number of thiazole rings is 1. The van der Waals surface area contributed by atoms with Crippen molar-refractivity contribution in [2.24, 2.45) is 0 Å². The Balaban J connectivity index is 1.38. The maximum absolute atomic E-state index is 13.4. The molecule has 9 nitrogen and oxygen atoms in total. The molecule has 0 radical (unpaired) electrons. The third-order valence-corrected chi connectivity index (χ3v) is 6.66. The summed E-state index contributed by atoms with van der Waals surface area (Å²) >= 11 is 1.14. The van der Waals surface area contributed by atoms with Gasteiger partial charge >= 0.3 is 6.03 Å². The minimum Gasteiger partial charge on any atom is -0.376 e. The Bertz CT molecular complexity index is 1080. The van der Waals surface area contributed by atoms with Gasteiger partial charge in [-0.05, 0) is 43.4 Å². The van der Waals surface area contributed by atoms with E-state index in [0.29, 0.717) is 29.7 Å². The second-order valence-corrected chi connectivity index (χ2v) is 9.31. The molecular weight excluding hydrogens is 471 g/mol. The molecule has 1 aliphatic heterocycles. The zero-order valence-electron chi connectivity index (χ0n) is 19.4. The Morgan fingerprint density at radius 2 is 2.09 bits per heavy atom. The molecule has 1 atom stereocenters. The van der Waals surface area contributed by atoms with Gasteiger partial charge in [0.05, 0.1) is 25.2 Å². The summed E-state index contributed by atoms with van der Waals surface area (Å²) in [7, 11) is 0. The molecule has 4 rings (SSSR count). The normalized spacial score (nSPS) is 15.5. The highest BCUT2D eigenvalue weighted by atomic mass is 32.1. The predicted octanol–water partition coefficient (Wildman–Crippen LogP) is 3.58. The molecule has 2 N–H and O–H groups in total. The number of benzene rings is 1. The van der Waals surface area contributed by atoms with Crippen molar-refractivity contribution in [3.05, 3.63) is 65.4 Å². The summed E-state index contributed by atoms with van der Waals surface area (Å²) in [5.74, 6) is -0.586. The fraction of sp³-hybridized carbons (Fsp3) is 0.417. The number of imidazole rings is 1. The number of rotatable bonds is 10. The molecule has 0 saturated carbocycles. The standard InChI is InChI=1S/C24H29FN6O3S/c25-19-7-5-18(6-8-19)16-31(23(33)28-14-20-4-1-2-13-34-20)24-29-15-21(35-24)22(32)27-9-3-11-30-12-10-26-17-30/h5-8,10,12,15,17,20H,1-4,9,11,13-14,16H2,(H,27,32)(H,28,33). The van der Waals surface area contributed by atoms with E-state index in [0.717, 1.165) is 49.1 Å². The van der Waals surface area contributed by atoms with Crippen molar-refractivity contribution in [2.75, 3.05) is 24.6 Å². The molecule has 0 bridgehead atoms. The second-order valence-electron chi connectivity index (χ2n) is 8.30. The molecule has 1 saturated heterocycles. The first-order chi connectivity index (χ1) is 17.1. The number of aromatic nitrogens is 3. The number of hydrogen-bond acceptors (Lipinski definition) is 6. The monoisotopic (exact) mass is 500 g/mol. The lowest BCUT2D eigenvalue weighted by atomic mass is 10.1. The Hall–Kier alpha value is -3.31. The van der Waals surface area contributed by atoms with Crippen LogP contribution in [-0.2, 0) is 17.8 Å². The molecule has 3 amide bonds. The zero-order valence-corrected chi connectivity index (χ0v) is 20.2. The van der Waals surface area contributed by atoms with Crippen LogP contribution in [0.15, 0.2) is 49.2 Å². The summed E-state index contributed by atoms with van der Waals surface area (Å²) in [4.78, 5) is 35.9. The van der Waals surface area contributed by atoms with Crippen LogP contribution < -0.4 is 15.5 Å². The maximum Gasteiger partial charge on any atom is 0.324 e. The molecule has 11 heteroatoms. The van der Waals surface area contributed by atoms with Crippen molar-refractivity contribution in [1.29, 1.82) is 0 Å². The number of nitrogens with one attached hydrogen (secondary N) is 2. The maximum atomic E-state index is 13.4. The van der Waals surface area contributed by atoms with E-state index in [4.69, 9.17) is 4.74 Å². The minimum atomic E-state index is -0.347. The van der Waals surface area contributed by atoms with Gasteiger partial charge in [-0.3, -0.25) is 9.69 Å². The number of aryl methyl sites for hydroxylation is 1. The number of halogens is 1. The quantitative estimate of drug-likeness (QED) is 0.415. The van der Waals surface area contributed by atoms with Gasteiger partial charge in [0, 0.05) is 38.6 Å². The van der Waals surface area contributed by atoms with Gasteiger partial charge in [0.25, 0.3) is 5.91 Å². The van der Waals surface area contributed by atoms with Crippen molar-refractivity contribution in [3.8, 4) is 0 Å². The fourth-order valence-electron chi connectivity index (χ4n) is 3.73. The number of carbonyl (C=O) groups excluding carboxylic acids is 2. The van der Waals surface area contributed by atoms with E-state index in [1.54, 1.807) is 24.7 Å². The van der Waals surface area contributed by atoms with Crippen molar-refractivity contribution in [1.82, 2.24) is 25.2 Å². The summed E-state index contributed by atoms with van der Waals surface area (Å²) in [6.07, 6.45) is 10.6. The summed E-state index contributed by atoms with van der Waals surface area (Å²) in [6, 6.07) is 5.62. The lowest BCUT2D eigenvalue weighted by molar-refractivity contribution is 0.0186. The third-order valence-electron chi connectivity index (χ3n) is 5.64.